The van der Waals surface area contributed by atoms with Crippen LogP contribution in [0.3, 0.4) is 0 Å². The van der Waals surface area contributed by atoms with E-state index >= 15 is 0 Å². The van der Waals surface area contributed by atoms with E-state index in [4.69, 9.17) is 11.6 Å². The summed E-state index contributed by atoms with van der Waals surface area (Å²) < 4.78 is 1.77. The fraction of sp³-hybridized carbons (Fsp3) is 0.0526. The van der Waals surface area contributed by atoms with Crippen molar-refractivity contribution in [3.63, 3.8) is 0 Å². The van der Waals surface area contributed by atoms with E-state index in [2.05, 4.69) is 10.4 Å². The minimum atomic E-state index is -0.164. The quantitative estimate of drug-likeness (QED) is 0.719. The summed E-state index contributed by atoms with van der Waals surface area (Å²) in [5.41, 5.74) is 2.79. The number of carbonyl (C=O) groups is 1. The van der Waals surface area contributed by atoms with Crippen molar-refractivity contribution in [2.75, 3.05) is 0 Å². The molecule has 0 aliphatic heterocycles. The maximum absolute atomic E-state index is 11.9. The molecule has 0 bridgehead atoms. The van der Waals surface area contributed by atoms with Gasteiger partial charge in [0, 0.05) is 29.4 Å². The van der Waals surface area contributed by atoms with Gasteiger partial charge < -0.3 is 5.32 Å². The molecule has 1 heterocycles. The molecule has 0 aliphatic rings. The number of nitrogens with zero attached hydrogens (tertiary/aromatic N) is 2. The lowest BCUT2D eigenvalue weighted by Crippen LogP contribution is -2.20. The number of halogens is 1. The molecule has 1 amide bonds. The van der Waals surface area contributed by atoms with Crippen LogP contribution in [-0.2, 0) is 11.3 Å². The Morgan fingerprint density at radius 3 is 2.79 bits per heavy atom. The number of para-hydroxylation sites is 1. The van der Waals surface area contributed by atoms with E-state index in [1.165, 1.54) is 6.08 Å². The molecule has 3 rings (SSSR count). The van der Waals surface area contributed by atoms with Crippen molar-refractivity contribution >= 4 is 23.6 Å². The minimum absolute atomic E-state index is 0.164. The molecule has 0 saturated carbocycles. The van der Waals surface area contributed by atoms with E-state index in [-0.39, 0.29) is 5.91 Å². The van der Waals surface area contributed by atoms with Gasteiger partial charge in [-0.1, -0.05) is 41.9 Å². The highest BCUT2D eigenvalue weighted by Gasteiger charge is 2.00. The van der Waals surface area contributed by atoms with Crippen molar-refractivity contribution in [3.05, 3.63) is 89.2 Å². The Hall–Kier alpha value is -2.85. The number of hydrogen-bond acceptors (Lipinski definition) is 2. The second-order valence-corrected chi connectivity index (χ2v) is 5.67. The van der Waals surface area contributed by atoms with Gasteiger partial charge in [-0.3, -0.25) is 4.79 Å². The minimum Gasteiger partial charge on any atom is -0.348 e. The second-order valence-electron chi connectivity index (χ2n) is 5.23. The third-order valence-corrected chi connectivity index (χ3v) is 3.64. The molecule has 0 atom stereocenters. The number of aromatic nitrogens is 2. The first-order chi connectivity index (χ1) is 11.7. The van der Waals surface area contributed by atoms with Crippen molar-refractivity contribution in [2.24, 2.45) is 0 Å². The van der Waals surface area contributed by atoms with E-state index in [0.717, 1.165) is 16.8 Å². The van der Waals surface area contributed by atoms with E-state index in [0.29, 0.717) is 11.6 Å². The Balaban J connectivity index is 1.57. The fourth-order valence-electron chi connectivity index (χ4n) is 2.21. The van der Waals surface area contributed by atoms with Crippen molar-refractivity contribution in [2.45, 2.75) is 6.54 Å². The third-order valence-electron chi connectivity index (χ3n) is 3.41. The Morgan fingerprint density at radius 2 is 2.00 bits per heavy atom. The van der Waals surface area contributed by atoms with Gasteiger partial charge in [-0.05, 0) is 35.9 Å². The topological polar surface area (TPSA) is 46.9 Å². The van der Waals surface area contributed by atoms with Gasteiger partial charge in [-0.2, -0.15) is 5.10 Å². The second kappa shape index (κ2) is 7.62. The Morgan fingerprint density at radius 1 is 1.17 bits per heavy atom. The van der Waals surface area contributed by atoms with Crippen LogP contribution in [0, 0.1) is 0 Å². The molecule has 1 aromatic heterocycles. The number of rotatable bonds is 5. The standard InChI is InChI=1S/C19H16ClN3O/c20-17-6-4-5-15(11-17)12-21-19(24)10-9-16-13-22-23(14-16)18-7-2-1-3-8-18/h1-11,13-14H,12H2,(H,21,24)/b10-9+. The number of amides is 1. The first kappa shape index (κ1) is 16.0. The van der Waals surface area contributed by atoms with E-state index in [9.17, 15) is 4.79 Å². The molecule has 24 heavy (non-hydrogen) atoms. The molecular formula is C19H16ClN3O. The molecule has 0 spiro atoms. The van der Waals surface area contributed by atoms with E-state index in [1.54, 1.807) is 23.0 Å². The lowest BCUT2D eigenvalue weighted by Gasteiger charge is -2.02. The van der Waals surface area contributed by atoms with Gasteiger partial charge in [0.1, 0.15) is 0 Å². The van der Waals surface area contributed by atoms with Crippen molar-refractivity contribution < 1.29 is 4.79 Å². The summed E-state index contributed by atoms with van der Waals surface area (Å²) in [6.07, 6.45) is 6.82. The number of hydrogen-bond donors (Lipinski definition) is 1. The van der Waals surface area contributed by atoms with Crippen LogP contribution in [0.1, 0.15) is 11.1 Å². The maximum atomic E-state index is 11.9. The zero-order chi connectivity index (χ0) is 16.8. The molecule has 120 valence electrons. The molecule has 5 heteroatoms. The molecule has 0 radical (unpaired) electrons. The smallest absolute Gasteiger partial charge is 0.244 e. The van der Waals surface area contributed by atoms with Gasteiger partial charge in [0.25, 0.3) is 0 Å². The largest absolute Gasteiger partial charge is 0.348 e. The highest BCUT2D eigenvalue weighted by atomic mass is 35.5. The lowest BCUT2D eigenvalue weighted by molar-refractivity contribution is -0.116. The molecule has 4 nitrogen and oxygen atoms in total. The lowest BCUT2D eigenvalue weighted by atomic mass is 10.2. The highest BCUT2D eigenvalue weighted by Crippen LogP contribution is 2.11. The van der Waals surface area contributed by atoms with E-state index < -0.39 is 0 Å². The van der Waals surface area contributed by atoms with Crippen LogP contribution in [0.25, 0.3) is 11.8 Å². The van der Waals surface area contributed by atoms with Crippen molar-refractivity contribution in [1.29, 1.82) is 0 Å². The van der Waals surface area contributed by atoms with Gasteiger partial charge in [0.05, 0.1) is 11.9 Å². The van der Waals surface area contributed by atoms with Crippen molar-refractivity contribution in [1.82, 2.24) is 15.1 Å². The zero-order valence-corrected chi connectivity index (χ0v) is 13.6. The predicted molar refractivity (Wildman–Crippen MR) is 95.9 cm³/mol. The first-order valence-electron chi connectivity index (χ1n) is 7.51. The SMILES string of the molecule is O=C(/C=C/c1cnn(-c2ccccc2)c1)NCc1cccc(Cl)c1. The molecular weight excluding hydrogens is 322 g/mol. The van der Waals surface area contributed by atoms with Crippen LogP contribution in [0.5, 0.6) is 0 Å². The summed E-state index contributed by atoms with van der Waals surface area (Å²) in [6.45, 7) is 0.438. The van der Waals surface area contributed by atoms with Crippen molar-refractivity contribution in [3.8, 4) is 5.69 Å². The van der Waals surface area contributed by atoms with Crippen LogP contribution >= 0.6 is 11.6 Å². The summed E-state index contributed by atoms with van der Waals surface area (Å²) in [5, 5.41) is 7.77. The van der Waals surface area contributed by atoms with Crippen LogP contribution in [0.15, 0.2) is 73.1 Å². The Labute approximate surface area is 145 Å². The maximum Gasteiger partial charge on any atom is 0.244 e. The van der Waals surface area contributed by atoms with E-state index in [1.807, 2.05) is 54.7 Å². The predicted octanol–water partition coefficient (Wildman–Crippen LogP) is 3.86. The van der Waals surface area contributed by atoms with Crippen LogP contribution in [0.4, 0.5) is 0 Å². The fourth-order valence-corrected chi connectivity index (χ4v) is 2.42. The average molecular weight is 338 g/mol. The van der Waals surface area contributed by atoms with Gasteiger partial charge in [0.15, 0.2) is 0 Å². The highest BCUT2D eigenvalue weighted by molar-refractivity contribution is 6.30. The Kier molecular flexibility index (Phi) is 5.08. The summed E-state index contributed by atoms with van der Waals surface area (Å²) in [5.74, 6) is -0.164. The van der Waals surface area contributed by atoms with Crippen LogP contribution in [0.2, 0.25) is 5.02 Å². The molecule has 0 saturated heterocycles. The normalized spacial score (nSPS) is 10.9. The molecule has 0 fully saturated rings. The molecule has 2 aromatic carbocycles. The van der Waals surface area contributed by atoms with Crippen LogP contribution in [-0.4, -0.2) is 15.7 Å². The first-order valence-corrected chi connectivity index (χ1v) is 7.89. The summed E-state index contributed by atoms with van der Waals surface area (Å²) in [7, 11) is 0. The third kappa shape index (κ3) is 4.33. The summed E-state index contributed by atoms with van der Waals surface area (Å²) in [4.78, 5) is 11.9. The number of nitrogens with one attached hydrogen (secondary N) is 1. The molecule has 0 aliphatic carbocycles. The average Bonchev–Trinajstić information content (AvgIpc) is 3.08. The molecule has 0 unspecified atom stereocenters. The number of carbonyl (C=O) groups excluding carboxylic acids is 1. The summed E-state index contributed by atoms with van der Waals surface area (Å²) in [6, 6.07) is 17.2. The Bertz CT molecular complexity index is 856. The van der Waals surface area contributed by atoms with Gasteiger partial charge in [0.2, 0.25) is 5.91 Å². The van der Waals surface area contributed by atoms with Crippen LogP contribution < -0.4 is 5.32 Å². The summed E-state index contributed by atoms with van der Waals surface area (Å²) >= 11 is 5.92. The zero-order valence-electron chi connectivity index (χ0n) is 12.9. The molecule has 1 N–H and O–H groups in total. The van der Waals surface area contributed by atoms with Gasteiger partial charge >= 0.3 is 0 Å². The monoisotopic (exact) mass is 337 g/mol. The molecule has 3 aromatic rings. The van der Waals surface area contributed by atoms with Gasteiger partial charge in [-0.25, -0.2) is 4.68 Å². The van der Waals surface area contributed by atoms with Gasteiger partial charge in [-0.15, -0.1) is 0 Å². The number of benzene rings is 2.